The lowest BCUT2D eigenvalue weighted by atomic mass is 10.3. The van der Waals surface area contributed by atoms with Crippen molar-refractivity contribution >= 4 is 29.1 Å². The highest BCUT2D eigenvalue weighted by molar-refractivity contribution is 8.00. The Bertz CT molecular complexity index is 304. The van der Waals surface area contributed by atoms with Crippen LogP contribution in [0.15, 0.2) is 23.1 Å². The van der Waals surface area contributed by atoms with E-state index in [4.69, 9.17) is 17.3 Å². The molecule has 72 valence electrons. The fourth-order valence-corrected chi connectivity index (χ4v) is 2.19. The van der Waals surface area contributed by atoms with Crippen molar-refractivity contribution in [2.24, 2.45) is 0 Å². The predicted molar refractivity (Wildman–Crippen MR) is 61.5 cm³/mol. The van der Waals surface area contributed by atoms with Crippen LogP contribution < -0.4 is 5.73 Å². The summed E-state index contributed by atoms with van der Waals surface area (Å²) in [6, 6.07) is 5.73. The molecule has 0 amide bonds. The third-order valence-electron chi connectivity index (χ3n) is 1.43. The molecule has 0 radical (unpaired) electrons. The highest BCUT2D eigenvalue weighted by Gasteiger charge is 2.14. The summed E-state index contributed by atoms with van der Waals surface area (Å²) in [5.74, 6) is 0. The molecule has 0 saturated carbocycles. The number of benzene rings is 1. The van der Waals surface area contributed by atoms with Gasteiger partial charge in [0.15, 0.2) is 0 Å². The van der Waals surface area contributed by atoms with E-state index in [1.807, 2.05) is 18.2 Å². The normalized spacial score (nSPS) is 11.7. The zero-order valence-electron chi connectivity index (χ0n) is 8.10. The second-order valence-corrected chi connectivity index (χ2v) is 6.14. The van der Waals surface area contributed by atoms with Crippen molar-refractivity contribution < 1.29 is 0 Å². The molecule has 0 bridgehead atoms. The van der Waals surface area contributed by atoms with E-state index in [0.29, 0.717) is 10.7 Å². The highest BCUT2D eigenvalue weighted by Crippen LogP contribution is 2.37. The topological polar surface area (TPSA) is 26.0 Å². The molecule has 1 aromatic rings. The number of nitrogen functional groups attached to an aromatic ring is 1. The number of rotatable bonds is 1. The minimum atomic E-state index is 0.165. The third kappa shape index (κ3) is 3.12. The first-order valence-electron chi connectivity index (χ1n) is 4.13. The highest BCUT2D eigenvalue weighted by atomic mass is 35.5. The van der Waals surface area contributed by atoms with Crippen LogP contribution in [0.25, 0.3) is 0 Å². The molecule has 2 N–H and O–H groups in total. The maximum atomic E-state index is 5.90. The van der Waals surface area contributed by atoms with Gasteiger partial charge in [0.05, 0.1) is 10.7 Å². The number of anilines is 1. The predicted octanol–water partition coefficient (Wildman–Crippen LogP) is 3.81. The molecular formula is C10H14ClNS. The van der Waals surface area contributed by atoms with Crippen LogP contribution in [-0.4, -0.2) is 4.75 Å². The van der Waals surface area contributed by atoms with Crippen molar-refractivity contribution in [3.63, 3.8) is 0 Å². The lowest BCUT2D eigenvalue weighted by molar-refractivity contribution is 0.803. The van der Waals surface area contributed by atoms with Crippen LogP contribution in [0.4, 0.5) is 5.69 Å². The molecule has 0 aliphatic heterocycles. The van der Waals surface area contributed by atoms with Gasteiger partial charge in [0.25, 0.3) is 0 Å². The molecular weight excluding hydrogens is 202 g/mol. The van der Waals surface area contributed by atoms with E-state index in [0.717, 1.165) is 4.90 Å². The molecule has 0 unspecified atom stereocenters. The molecule has 1 rings (SSSR count). The molecule has 0 heterocycles. The van der Waals surface area contributed by atoms with E-state index in [-0.39, 0.29) is 4.75 Å². The van der Waals surface area contributed by atoms with Gasteiger partial charge in [-0.15, -0.1) is 11.8 Å². The van der Waals surface area contributed by atoms with Crippen molar-refractivity contribution in [3.8, 4) is 0 Å². The Morgan fingerprint density at radius 2 is 1.92 bits per heavy atom. The van der Waals surface area contributed by atoms with Gasteiger partial charge in [-0.05, 0) is 12.1 Å². The summed E-state index contributed by atoms with van der Waals surface area (Å²) in [5.41, 5.74) is 6.52. The zero-order valence-corrected chi connectivity index (χ0v) is 9.67. The smallest absolute Gasteiger partial charge is 0.0646 e. The monoisotopic (exact) mass is 215 g/mol. The van der Waals surface area contributed by atoms with E-state index in [2.05, 4.69) is 20.8 Å². The Morgan fingerprint density at radius 1 is 1.31 bits per heavy atom. The molecule has 1 aromatic carbocycles. The molecule has 0 saturated heterocycles. The van der Waals surface area contributed by atoms with Gasteiger partial charge in [-0.25, -0.2) is 0 Å². The number of para-hydroxylation sites is 1. The average Bonchev–Trinajstić information content (AvgIpc) is 1.96. The number of hydrogen-bond donors (Lipinski definition) is 1. The van der Waals surface area contributed by atoms with Gasteiger partial charge in [-0.1, -0.05) is 38.4 Å². The van der Waals surface area contributed by atoms with Crippen LogP contribution in [0.5, 0.6) is 0 Å². The maximum Gasteiger partial charge on any atom is 0.0646 e. The standard InChI is InChI=1S/C10H14ClNS/c1-10(2,3)13-8-6-4-5-7(11)9(8)12/h4-6H,12H2,1-3H3. The summed E-state index contributed by atoms with van der Waals surface area (Å²) in [6.07, 6.45) is 0. The number of halogens is 1. The van der Waals surface area contributed by atoms with Gasteiger partial charge in [-0.2, -0.15) is 0 Å². The Hall–Kier alpha value is -0.340. The first-order chi connectivity index (χ1) is 5.90. The summed E-state index contributed by atoms with van der Waals surface area (Å²) < 4.78 is 0.165. The molecule has 3 heteroatoms. The van der Waals surface area contributed by atoms with Gasteiger partial charge in [0.2, 0.25) is 0 Å². The second-order valence-electron chi connectivity index (χ2n) is 3.87. The van der Waals surface area contributed by atoms with Gasteiger partial charge >= 0.3 is 0 Å². The van der Waals surface area contributed by atoms with E-state index in [1.165, 1.54) is 0 Å². The minimum Gasteiger partial charge on any atom is -0.397 e. The molecule has 0 atom stereocenters. The third-order valence-corrected chi connectivity index (χ3v) is 2.95. The number of hydrogen-bond acceptors (Lipinski definition) is 2. The van der Waals surface area contributed by atoms with E-state index in [1.54, 1.807) is 11.8 Å². The van der Waals surface area contributed by atoms with Crippen LogP contribution in [-0.2, 0) is 0 Å². The Labute approximate surface area is 88.7 Å². The van der Waals surface area contributed by atoms with Crippen molar-refractivity contribution in [2.75, 3.05) is 5.73 Å². The fourth-order valence-electron chi connectivity index (χ4n) is 0.936. The van der Waals surface area contributed by atoms with Crippen molar-refractivity contribution in [1.82, 2.24) is 0 Å². The Kier molecular flexibility index (Phi) is 3.14. The average molecular weight is 216 g/mol. The lowest BCUT2D eigenvalue weighted by Crippen LogP contribution is -2.07. The van der Waals surface area contributed by atoms with Gasteiger partial charge in [-0.3, -0.25) is 0 Å². The fraction of sp³-hybridized carbons (Fsp3) is 0.400. The van der Waals surface area contributed by atoms with E-state index >= 15 is 0 Å². The maximum absolute atomic E-state index is 5.90. The van der Waals surface area contributed by atoms with Crippen LogP contribution in [0, 0.1) is 0 Å². The summed E-state index contributed by atoms with van der Waals surface area (Å²) in [7, 11) is 0. The van der Waals surface area contributed by atoms with E-state index in [9.17, 15) is 0 Å². The van der Waals surface area contributed by atoms with Crippen LogP contribution in [0.2, 0.25) is 5.02 Å². The van der Waals surface area contributed by atoms with Gasteiger partial charge < -0.3 is 5.73 Å². The molecule has 0 aliphatic carbocycles. The van der Waals surface area contributed by atoms with Crippen molar-refractivity contribution in [2.45, 2.75) is 30.4 Å². The molecule has 0 aliphatic rings. The first-order valence-corrected chi connectivity index (χ1v) is 5.32. The van der Waals surface area contributed by atoms with Crippen LogP contribution >= 0.6 is 23.4 Å². The quantitative estimate of drug-likeness (QED) is 0.570. The largest absolute Gasteiger partial charge is 0.397 e. The van der Waals surface area contributed by atoms with Crippen molar-refractivity contribution in [1.29, 1.82) is 0 Å². The van der Waals surface area contributed by atoms with E-state index < -0.39 is 0 Å². The Morgan fingerprint density at radius 3 is 2.46 bits per heavy atom. The molecule has 0 spiro atoms. The lowest BCUT2D eigenvalue weighted by Gasteiger charge is -2.18. The molecule has 0 fully saturated rings. The first kappa shape index (κ1) is 10.7. The summed E-state index contributed by atoms with van der Waals surface area (Å²) >= 11 is 7.64. The van der Waals surface area contributed by atoms with Crippen molar-refractivity contribution in [3.05, 3.63) is 23.2 Å². The SMILES string of the molecule is CC(C)(C)Sc1cccc(Cl)c1N. The van der Waals surface area contributed by atoms with Gasteiger partial charge in [0, 0.05) is 9.64 Å². The van der Waals surface area contributed by atoms with Gasteiger partial charge in [0.1, 0.15) is 0 Å². The molecule has 0 aromatic heterocycles. The van der Waals surface area contributed by atoms with Crippen LogP contribution in [0.1, 0.15) is 20.8 Å². The second kappa shape index (κ2) is 3.81. The number of thioether (sulfide) groups is 1. The molecule has 13 heavy (non-hydrogen) atoms. The molecule has 1 nitrogen and oxygen atoms in total. The Balaban J connectivity index is 2.96. The van der Waals surface area contributed by atoms with Crippen LogP contribution in [0.3, 0.4) is 0 Å². The zero-order chi connectivity index (χ0) is 10.1. The summed E-state index contributed by atoms with van der Waals surface area (Å²) in [6.45, 7) is 6.45. The summed E-state index contributed by atoms with van der Waals surface area (Å²) in [4.78, 5) is 1.06. The number of nitrogens with two attached hydrogens (primary N) is 1. The minimum absolute atomic E-state index is 0.165. The summed E-state index contributed by atoms with van der Waals surface area (Å²) in [5, 5.41) is 0.634.